The molecule has 116 valence electrons. The van der Waals surface area contributed by atoms with Crippen molar-refractivity contribution >= 4 is 21.7 Å². The van der Waals surface area contributed by atoms with Gasteiger partial charge in [-0.1, -0.05) is 25.1 Å². The number of carboxylic acid groups (broad SMARTS) is 1. The minimum Gasteiger partial charge on any atom is -0.478 e. The number of para-hydroxylation sites is 1. The minimum absolute atomic E-state index is 0.308. The van der Waals surface area contributed by atoms with Gasteiger partial charge in [-0.25, -0.2) is 17.6 Å². The van der Waals surface area contributed by atoms with Crippen molar-refractivity contribution in [2.45, 2.75) is 18.2 Å². The summed E-state index contributed by atoms with van der Waals surface area (Å²) < 4.78 is 40.4. The Bertz CT molecular complexity index is 818. The van der Waals surface area contributed by atoms with E-state index in [1.165, 1.54) is 0 Å². The summed E-state index contributed by atoms with van der Waals surface area (Å²) in [7, 11) is -4.00. The second-order valence-corrected chi connectivity index (χ2v) is 6.25. The molecule has 0 radical (unpaired) electrons. The minimum atomic E-state index is -4.00. The number of sulfonamides is 1. The standard InChI is InChI=1S/C15H14FNO4S/c1-2-10-5-3-4-6-14(10)17-22(20,21)11-7-8-13(16)12(9-11)15(18)19/h3-9,17H,2H2,1H3,(H,18,19). The number of carboxylic acids is 1. The Kier molecular flexibility index (Phi) is 4.46. The van der Waals surface area contributed by atoms with E-state index >= 15 is 0 Å². The average Bonchev–Trinajstić information content (AvgIpc) is 2.47. The lowest BCUT2D eigenvalue weighted by Crippen LogP contribution is -2.15. The van der Waals surface area contributed by atoms with E-state index in [2.05, 4.69) is 4.72 Å². The van der Waals surface area contributed by atoms with Gasteiger partial charge in [-0.05, 0) is 36.2 Å². The van der Waals surface area contributed by atoms with Crippen molar-refractivity contribution in [1.29, 1.82) is 0 Å². The van der Waals surface area contributed by atoms with Gasteiger partial charge in [0, 0.05) is 0 Å². The highest BCUT2D eigenvalue weighted by Gasteiger charge is 2.20. The molecule has 2 aromatic rings. The number of carbonyl (C=O) groups is 1. The fourth-order valence-corrected chi connectivity index (χ4v) is 3.09. The zero-order valence-electron chi connectivity index (χ0n) is 11.7. The molecule has 0 aliphatic carbocycles. The molecule has 0 amide bonds. The fraction of sp³-hybridized carbons (Fsp3) is 0.133. The third kappa shape index (κ3) is 3.25. The molecule has 5 nitrogen and oxygen atoms in total. The number of rotatable bonds is 5. The molecule has 0 bridgehead atoms. The quantitative estimate of drug-likeness (QED) is 0.886. The predicted octanol–water partition coefficient (Wildman–Crippen LogP) is 2.89. The number of benzene rings is 2. The molecular weight excluding hydrogens is 309 g/mol. The number of aromatic carboxylic acids is 1. The zero-order chi connectivity index (χ0) is 16.3. The van der Waals surface area contributed by atoms with Crippen LogP contribution in [0.25, 0.3) is 0 Å². The van der Waals surface area contributed by atoms with Crippen molar-refractivity contribution in [1.82, 2.24) is 0 Å². The van der Waals surface area contributed by atoms with Gasteiger partial charge in [0.1, 0.15) is 5.82 Å². The van der Waals surface area contributed by atoms with E-state index in [-0.39, 0.29) is 4.90 Å². The van der Waals surface area contributed by atoms with Crippen molar-refractivity contribution < 1.29 is 22.7 Å². The summed E-state index contributed by atoms with van der Waals surface area (Å²) in [5, 5.41) is 8.87. The Hall–Kier alpha value is -2.41. The number of nitrogens with one attached hydrogen (secondary N) is 1. The Morgan fingerprint density at radius 3 is 2.55 bits per heavy atom. The highest BCUT2D eigenvalue weighted by Crippen LogP contribution is 2.22. The summed E-state index contributed by atoms with van der Waals surface area (Å²) in [5.41, 5.74) is 0.518. The first kappa shape index (κ1) is 16.0. The van der Waals surface area contributed by atoms with Crippen molar-refractivity contribution in [2.24, 2.45) is 0 Å². The summed E-state index contributed by atoms with van der Waals surface area (Å²) in [6.45, 7) is 1.88. The lowest BCUT2D eigenvalue weighted by molar-refractivity contribution is 0.0691. The molecule has 2 N–H and O–H groups in total. The van der Waals surface area contributed by atoms with Crippen molar-refractivity contribution in [3.63, 3.8) is 0 Å². The van der Waals surface area contributed by atoms with Gasteiger partial charge < -0.3 is 5.11 Å². The molecule has 0 aromatic heterocycles. The topological polar surface area (TPSA) is 83.5 Å². The third-order valence-electron chi connectivity index (χ3n) is 3.12. The monoisotopic (exact) mass is 323 g/mol. The molecule has 0 fully saturated rings. The summed E-state index contributed by atoms with van der Waals surface area (Å²) in [6.07, 6.45) is 0.627. The molecule has 0 aliphatic rings. The van der Waals surface area contributed by atoms with Crippen LogP contribution in [0, 0.1) is 5.82 Å². The number of halogens is 1. The van der Waals surface area contributed by atoms with Crippen LogP contribution < -0.4 is 4.72 Å². The molecule has 0 aliphatic heterocycles. The van der Waals surface area contributed by atoms with E-state index in [1.54, 1.807) is 24.3 Å². The van der Waals surface area contributed by atoms with E-state index in [9.17, 15) is 17.6 Å². The van der Waals surface area contributed by atoms with Gasteiger partial charge in [0.2, 0.25) is 0 Å². The summed E-state index contributed by atoms with van der Waals surface area (Å²) in [5.74, 6) is -2.51. The van der Waals surface area contributed by atoms with E-state index < -0.39 is 27.4 Å². The molecule has 0 heterocycles. The predicted molar refractivity (Wildman–Crippen MR) is 80.0 cm³/mol. The van der Waals surface area contributed by atoms with E-state index in [0.29, 0.717) is 12.1 Å². The SMILES string of the molecule is CCc1ccccc1NS(=O)(=O)c1ccc(F)c(C(=O)O)c1. The van der Waals surface area contributed by atoms with Gasteiger partial charge in [0.25, 0.3) is 10.0 Å². The first-order valence-electron chi connectivity index (χ1n) is 6.48. The van der Waals surface area contributed by atoms with Crippen LogP contribution >= 0.6 is 0 Å². The van der Waals surface area contributed by atoms with Crippen LogP contribution in [0.2, 0.25) is 0 Å². The second-order valence-electron chi connectivity index (χ2n) is 4.56. The van der Waals surface area contributed by atoms with E-state index in [4.69, 9.17) is 5.11 Å². The Labute approximate surface area is 127 Å². The number of hydrogen-bond acceptors (Lipinski definition) is 3. The fourth-order valence-electron chi connectivity index (χ4n) is 1.97. The molecule has 0 spiro atoms. The van der Waals surface area contributed by atoms with Crippen LogP contribution in [0.15, 0.2) is 47.4 Å². The number of hydrogen-bond donors (Lipinski definition) is 2. The zero-order valence-corrected chi connectivity index (χ0v) is 12.5. The van der Waals surface area contributed by atoms with Gasteiger partial charge in [0.05, 0.1) is 16.1 Å². The maximum absolute atomic E-state index is 13.4. The van der Waals surface area contributed by atoms with E-state index in [1.807, 2.05) is 6.92 Å². The van der Waals surface area contributed by atoms with Gasteiger partial charge >= 0.3 is 5.97 Å². The van der Waals surface area contributed by atoms with Gasteiger partial charge in [0.15, 0.2) is 0 Å². The van der Waals surface area contributed by atoms with Crippen LogP contribution in [0.1, 0.15) is 22.8 Å². The highest BCUT2D eigenvalue weighted by molar-refractivity contribution is 7.92. The number of aryl methyl sites for hydroxylation is 1. The second kappa shape index (κ2) is 6.15. The number of anilines is 1. The first-order chi connectivity index (χ1) is 10.3. The van der Waals surface area contributed by atoms with Gasteiger partial charge in [-0.2, -0.15) is 0 Å². The molecule has 0 atom stereocenters. The van der Waals surface area contributed by atoms with Gasteiger partial charge in [-0.3, -0.25) is 4.72 Å². The van der Waals surface area contributed by atoms with Crippen molar-refractivity contribution in [3.05, 3.63) is 59.4 Å². The Morgan fingerprint density at radius 2 is 1.91 bits per heavy atom. The highest BCUT2D eigenvalue weighted by atomic mass is 32.2. The van der Waals surface area contributed by atoms with Crippen LogP contribution in [0.5, 0.6) is 0 Å². The van der Waals surface area contributed by atoms with Crippen molar-refractivity contribution in [3.8, 4) is 0 Å². The smallest absolute Gasteiger partial charge is 0.338 e. The van der Waals surface area contributed by atoms with E-state index in [0.717, 1.165) is 23.8 Å². The lowest BCUT2D eigenvalue weighted by Gasteiger charge is -2.12. The molecule has 22 heavy (non-hydrogen) atoms. The van der Waals surface area contributed by atoms with Crippen LogP contribution in [-0.4, -0.2) is 19.5 Å². The lowest BCUT2D eigenvalue weighted by atomic mass is 10.1. The molecule has 0 unspecified atom stereocenters. The average molecular weight is 323 g/mol. The third-order valence-corrected chi connectivity index (χ3v) is 4.48. The normalized spacial score (nSPS) is 11.2. The molecule has 0 saturated carbocycles. The summed E-state index contributed by atoms with van der Waals surface area (Å²) in [6, 6.07) is 9.52. The maximum Gasteiger partial charge on any atom is 0.338 e. The van der Waals surface area contributed by atoms with Crippen LogP contribution in [0.3, 0.4) is 0 Å². The summed E-state index contributed by atoms with van der Waals surface area (Å²) >= 11 is 0. The Morgan fingerprint density at radius 1 is 1.23 bits per heavy atom. The largest absolute Gasteiger partial charge is 0.478 e. The Balaban J connectivity index is 2.43. The van der Waals surface area contributed by atoms with Gasteiger partial charge in [-0.15, -0.1) is 0 Å². The summed E-state index contributed by atoms with van der Waals surface area (Å²) in [4.78, 5) is 10.6. The molecule has 2 rings (SSSR count). The molecule has 7 heteroatoms. The maximum atomic E-state index is 13.4. The van der Waals surface area contributed by atoms with Crippen LogP contribution in [-0.2, 0) is 16.4 Å². The van der Waals surface area contributed by atoms with Crippen molar-refractivity contribution in [2.75, 3.05) is 4.72 Å². The molecular formula is C15H14FNO4S. The first-order valence-corrected chi connectivity index (χ1v) is 7.97. The molecule has 2 aromatic carbocycles. The van der Waals surface area contributed by atoms with Crippen LogP contribution in [0.4, 0.5) is 10.1 Å². The molecule has 0 saturated heterocycles.